The monoisotopic (exact) mass is 473 g/mol. The number of carbonyl (C=O) groups is 1. The molecule has 7 heteroatoms. The molecule has 0 amide bonds. The van der Waals surface area contributed by atoms with Gasteiger partial charge in [-0.1, -0.05) is 37.3 Å². The summed E-state index contributed by atoms with van der Waals surface area (Å²) in [7, 11) is 1.64. The third-order valence-electron chi connectivity index (χ3n) is 5.40. The molecule has 0 radical (unpaired) electrons. The highest BCUT2D eigenvalue weighted by molar-refractivity contribution is 7.17. The van der Waals surface area contributed by atoms with Crippen LogP contribution in [-0.2, 0) is 24.1 Å². The maximum Gasteiger partial charge on any atom is 0.181 e. The van der Waals surface area contributed by atoms with Gasteiger partial charge in [0.15, 0.2) is 10.9 Å². The first-order valence-electron chi connectivity index (χ1n) is 11.2. The molecule has 0 atom stereocenters. The lowest BCUT2D eigenvalue weighted by Crippen LogP contribution is -2.06. The highest BCUT2D eigenvalue weighted by atomic mass is 32.1. The number of anilines is 2. The van der Waals surface area contributed by atoms with Crippen molar-refractivity contribution in [3.05, 3.63) is 77.5 Å². The summed E-state index contributed by atoms with van der Waals surface area (Å²) in [5.74, 6) is 3.00. The lowest BCUT2D eigenvalue weighted by atomic mass is 10.1. The van der Waals surface area contributed by atoms with E-state index in [9.17, 15) is 4.79 Å². The van der Waals surface area contributed by atoms with E-state index in [4.69, 9.17) is 19.4 Å². The van der Waals surface area contributed by atoms with Gasteiger partial charge in [0.1, 0.15) is 23.6 Å². The number of carbonyl (C=O) groups excluding carboxylic acids is 1. The van der Waals surface area contributed by atoms with E-state index in [0.29, 0.717) is 12.2 Å². The first-order chi connectivity index (χ1) is 16.6. The Hall–Kier alpha value is -3.71. The number of benzene rings is 2. The van der Waals surface area contributed by atoms with Crippen LogP contribution >= 0.6 is 11.3 Å². The molecule has 4 rings (SSSR count). The smallest absolute Gasteiger partial charge is 0.181 e. The van der Waals surface area contributed by atoms with Gasteiger partial charge in [0.05, 0.1) is 12.0 Å². The maximum absolute atomic E-state index is 10.8. The third-order valence-corrected chi connectivity index (χ3v) is 6.36. The number of hydrogen-bond acceptors (Lipinski definition) is 7. The lowest BCUT2D eigenvalue weighted by Gasteiger charge is -2.15. The number of aromatic nitrogens is 2. The van der Waals surface area contributed by atoms with Gasteiger partial charge in [-0.2, -0.15) is 0 Å². The van der Waals surface area contributed by atoms with Crippen LogP contribution in [0.25, 0.3) is 10.7 Å². The first-order valence-corrected chi connectivity index (χ1v) is 12.1. The molecule has 0 fully saturated rings. The molecule has 0 aliphatic carbocycles. The minimum Gasteiger partial charge on any atom is -0.497 e. The van der Waals surface area contributed by atoms with Crippen molar-refractivity contribution in [2.45, 2.75) is 33.1 Å². The van der Waals surface area contributed by atoms with Gasteiger partial charge in [0.2, 0.25) is 0 Å². The number of ether oxygens (including phenoxy) is 2. The van der Waals surface area contributed by atoms with Crippen molar-refractivity contribution in [3.63, 3.8) is 0 Å². The lowest BCUT2D eigenvalue weighted by molar-refractivity contribution is -0.107. The predicted molar refractivity (Wildman–Crippen MR) is 137 cm³/mol. The predicted octanol–water partition coefficient (Wildman–Crippen LogP) is 6.62. The Morgan fingerprint density at radius 2 is 1.65 bits per heavy atom. The van der Waals surface area contributed by atoms with E-state index < -0.39 is 0 Å². The number of hydrogen-bond donors (Lipinski definition) is 1. The van der Waals surface area contributed by atoms with E-state index in [1.54, 1.807) is 7.11 Å². The van der Waals surface area contributed by atoms with Crippen LogP contribution in [0, 0.1) is 0 Å². The largest absolute Gasteiger partial charge is 0.497 e. The molecule has 2 heterocycles. The molecular formula is C27H27N3O3S. The molecule has 1 N–H and O–H groups in total. The molecule has 0 unspecified atom stereocenters. The molecule has 0 aliphatic rings. The molecule has 34 heavy (non-hydrogen) atoms. The van der Waals surface area contributed by atoms with Crippen LogP contribution in [0.1, 0.15) is 30.7 Å². The molecule has 0 saturated carbocycles. The van der Waals surface area contributed by atoms with Crippen LogP contribution in [0.3, 0.4) is 0 Å². The van der Waals surface area contributed by atoms with Crippen LogP contribution in [0.5, 0.6) is 16.6 Å². The zero-order valence-corrected chi connectivity index (χ0v) is 20.3. The van der Waals surface area contributed by atoms with Crippen molar-refractivity contribution in [1.82, 2.24) is 9.97 Å². The van der Waals surface area contributed by atoms with Crippen LogP contribution in [-0.4, -0.2) is 23.4 Å². The molecule has 0 spiro atoms. The zero-order chi connectivity index (χ0) is 23.9. The Bertz CT molecular complexity index is 1250. The Balaban J connectivity index is 1.61. The summed E-state index contributed by atoms with van der Waals surface area (Å²) >= 11 is 1.51. The second-order valence-corrected chi connectivity index (χ2v) is 8.66. The van der Waals surface area contributed by atoms with Crippen molar-refractivity contribution in [3.8, 4) is 27.3 Å². The van der Waals surface area contributed by atoms with Crippen LogP contribution in [0.4, 0.5) is 11.5 Å². The highest BCUT2D eigenvalue weighted by Crippen LogP contribution is 2.36. The summed E-state index contributed by atoms with van der Waals surface area (Å²) < 4.78 is 11.2. The maximum atomic E-state index is 10.8. The Labute approximate surface area is 203 Å². The van der Waals surface area contributed by atoms with Crippen molar-refractivity contribution < 1.29 is 14.3 Å². The summed E-state index contributed by atoms with van der Waals surface area (Å²) in [6.07, 6.45) is 2.96. The average Bonchev–Trinajstić information content (AvgIpc) is 3.34. The second-order valence-electron chi connectivity index (χ2n) is 7.62. The van der Waals surface area contributed by atoms with Gasteiger partial charge < -0.3 is 19.6 Å². The molecule has 0 saturated heterocycles. The van der Waals surface area contributed by atoms with Crippen LogP contribution in [0.15, 0.2) is 60.7 Å². The van der Waals surface area contributed by atoms with Gasteiger partial charge in [-0.25, -0.2) is 9.97 Å². The van der Waals surface area contributed by atoms with Gasteiger partial charge in [-0.3, -0.25) is 0 Å². The van der Waals surface area contributed by atoms with Crippen molar-refractivity contribution in [1.29, 1.82) is 0 Å². The van der Waals surface area contributed by atoms with E-state index in [1.165, 1.54) is 11.3 Å². The standard InChI is InChI=1S/C27H27N3O3S/c1-4-22-23(5-2)29-27(30-26(22)28-19-8-6-18(7-9-19)16-17-31)24-14-15-25(34-24)33-21-12-10-20(32-3)11-13-21/h6-15,17H,4-5,16H2,1-3H3,(H,28,29,30). The minimum atomic E-state index is 0.414. The Morgan fingerprint density at radius 3 is 2.29 bits per heavy atom. The summed E-state index contributed by atoms with van der Waals surface area (Å²) in [6, 6.07) is 19.3. The molecule has 6 nitrogen and oxygen atoms in total. The van der Waals surface area contributed by atoms with Crippen LogP contribution in [0.2, 0.25) is 0 Å². The van der Waals surface area contributed by atoms with E-state index in [-0.39, 0.29) is 0 Å². The summed E-state index contributed by atoms with van der Waals surface area (Å²) in [5, 5.41) is 4.22. The minimum absolute atomic E-state index is 0.414. The second kappa shape index (κ2) is 10.9. The normalized spacial score (nSPS) is 10.7. The topological polar surface area (TPSA) is 73.3 Å². The SMILES string of the molecule is CCc1nc(-c2ccc(Oc3ccc(OC)cc3)s2)nc(Nc2ccc(CC=O)cc2)c1CC. The summed E-state index contributed by atoms with van der Waals surface area (Å²) in [4.78, 5) is 21.4. The molecule has 2 aromatic carbocycles. The molecule has 0 aliphatic heterocycles. The number of aryl methyl sites for hydroxylation is 1. The third kappa shape index (κ3) is 5.43. The summed E-state index contributed by atoms with van der Waals surface area (Å²) in [6.45, 7) is 4.22. The van der Waals surface area contributed by atoms with Gasteiger partial charge in [0, 0.05) is 23.4 Å². The van der Waals surface area contributed by atoms with Gasteiger partial charge in [-0.15, -0.1) is 0 Å². The Morgan fingerprint density at radius 1 is 0.912 bits per heavy atom. The highest BCUT2D eigenvalue weighted by Gasteiger charge is 2.16. The van der Waals surface area contributed by atoms with E-state index >= 15 is 0 Å². The number of aldehydes is 1. The van der Waals surface area contributed by atoms with E-state index in [0.717, 1.165) is 68.9 Å². The van der Waals surface area contributed by atoms with Crippen molar-refractivity contribution in [2.24, 2.45) is 0 Å². The molecule has 4 aromatic rings. The van der Waals surface area contributed by atoms with Crippen LogP contribution < -0.4 is 14.8 Å². The zero-order valence-electron chi connectivity index (χ0n) is 19.5. The number of thiophene rings is 1. The van der Waals surface area contributed by atoms with Crippen molar-refractivity contribution in [2.75, 3.05) is 12.4 Å². The number of nitrogens with zero attached hydrogens (tertiary/aromatic N) is 2. The number of nitrogens with one attached hydrogen (secondary N) is 1. The fraction of sp³-hybridized carbons (Fsp3) is 0.222. The van der Waals surface area contributed by atoms with E-state index in [1.807, 2.05) is 60.7 Å². The number of methoxy groups -OCH3 is 1. The van der Waals surface area contributed by atoms with Gasteiger partial charge >= 0.3 is 0 Å². The first kappa shape index (κ1) is 23.4. The fourth-order valence-corrected chi connectivity index (χ4v) is 4.43. The Kier molecular flexibility index (Phi) is 7.54. The van der Waals surface area contributed by atoms with Gasteiger partial charge in [0.25, 0.3) is 0 Å². The quantitative estimate of drug-likeness (QED) is 0.261. The fourth-order valence-electron chi connectivity index (χ4n) is 3.62. The van der Waals surface area contributed by atoms with E-state index in [2.05, 4.69) is 19.2 Å². The molecule has 0 bridgehead atoms. The molecule has 174 valence electrons. The molecule has 2 aromatic heterocycles. The summed E-state index contributed by atoms with van der Waals surface area (Å²) in [5.41, 5.74) is 4.04. The molecular weight excluding hydrogens is 446 g/mol. The number of rotatable bonds is 10. The van der Waals surface area contributed by atoms with Gasteiger partial charge in [-0.05, 0) is 66.9 Å². The van der Waals surface area contributed by atoms with Crippen molar-refractivity contribution >= 4 is 29.1 Å². The average molecular weight is 474 g/mol.